The van der Waals surface area contributed by atoms with Gasteiger partial charge in [0.15, 0.2) is 0 Å². The minimum Gasteiger partial charge on any atom is -0.326 e. The van der Waals surface area contributed by atoms with Gasteiger partial charge in [-0.05, 0) is 56.1 Å². The van der Waals surface area contributed by atoms with E-state index in [2.05, 4.69) is 37.2 Å². The van der Waals surface area contributed by atoms with E-state index < -0.39 is 4.92 Å². The van der Waals surface area contributed by atoms with E-state index in [1.807, 2.05) is 12.1 Å². The molecule has 0 saturated heterocycles. The van der Waals surface area contributed by atoms with Crippen LogP contribution in [0.4, 0.5) is 11.4 Å². The maximum absolute atomic E-state index is 11.0. The highest BCUT2D eigenvalue weighted by atomic mass is 79.9. The molecule has 2 rings (SSSR count). The quantitative estimate of drug-likeness (QED) is 0.516. The Morgan fingerprint density at radius 3 is 2.18 bits per heavy atom. The molecule has 2 aromatic rings. The summed E-state index contributed by atoms with van der Waals surface area (Å²) in [5, 5.41) is 13.5. The fourth-order valence-electron chi connectivity index (χ4n) is 1.68. The van der Waals surface area contributed by atoms with Gasteiger partial charge in [-0.3, -0.25) is 14.9 Å². The number of benzene rings is 2. The lowest BCUT2D eigenvalue weighted by molar-refractivity contribution is -0.385. The van der Waals surface area contributed by atoms with E-state index in [0.717, 1.165) is 15.5 Å². The van der Waals surface area contributed by atoms with E-state index in [4.69, 9.17) is 0 Å². The van der Waals surface area contributed by atoms with Crippen LogP contribution in [-0.4, -0.2) is 10.8 Å². The molecule has 2 aromatic carbocycles. The third kappa shape index (κ3) is 4.31. The average molecular weight is 446 g/mol. The van der Waals surface area contributed by atoms with E-state index >= 15 is 0 Å². The van der Waals surface area contributed by atoms with Crippen molar-refractivity contribution in [2.45, 2.75) is 16.7 Å². The van der Waals surface area contributed by atoms with Crippen LogP contribution in [0.5, 0.6) is 0 Å². The Balaban J connectivity index is 2.23. The van der Waals surface area contributed by atoms with Crippen LogP contribution in [0.25, 0.3) is 0 Å². The fourth-order valence-corrected chi connectivity index (χ4v) is 4.15. The highest BCUT2D eigenvalue weighted by Crippen LogP contribution is 2.41. The van der Waals surface area contributed by atoms with Gasteiger partial charge < -0.3 is 5.32 Å². The van der Waals surface area contributed by atoms with Crippen molar-refractivity contribution in [3.8, 4) is 0 Å². The normalized spacial score (nSPS) is 10.3. The van der Waals surface area contributed by atoms with Gasteiger partial charge in [0, 0.05) is 43.5 Å². The molecule has 0 aliphatic rings. The minimum atomic E-state index is -0.438. The highest BCUT2D eigenvalue weighted by molar-refractivity contribution is 9.11. The summed E-state index contributed by atoms with van der Waals surface area (Å²) in [6.45, 7) is 1.45. The van der Waals surface area contributed by atoms with Crippen LogP contribution < -0.4 is 5.32 Å². The topological polar surface area (TPSA) is 72.2 Å². The molecule has 0 bridgehead atoms. The van der Waals surface area contributed by atoms with Crippen LogP contribution in [-0.2, 0) is 4.79 Å². The van der Waals surface area contributed by atoms with Crippen molar-refractivity contribution in [2.24, 2.45) is 0 Å². The lowest BCUT2D eigenvalue weighted by Gasteiger charge is -2.08. The summed E-state index contributed by atoms with van der Waals surface area (Å²) < 4.78 is 1.29. The largest absolute Gasteiger partial charge is 0.326 e. The number of rotatable bonds is 4. The van der Waals surface area contributed by atoms with E-state index in [1.54, 1.807) is 12.1 Å². The predicted molar refractivity (Wildman–Crippen MR) is 93.4 cm³/mol. The number of nitro benzene ring substituents is 1. The maximum Gasteiger partial charge on any atom is 0.271 e. The van der Waals surface area contributed by atoms with Crippen LogP contribution in [0, 0.1) is 10.1 Å². The van der Waals surface area contributed by atoms with E-state index in [-0.39, 0.29) is 11.6 Å². The first-order valence-corrected chi connectivity index (χ1v) is 8.46. The summed E-state index contributed by atoms with van der Waals surface area (Å²) in [4.78, 5) is 23.2. The Bertz CT molecular complexity index is 712. The molecular formula is C14H10Br2N2O3S. The molecule has 1 N–H and O–H groups in total. The lowest BCUT2D eigenvalue weighted by Crippen LogP contribution is -2.05. The van der Waals surface area contributed by atoms with Gasteiger partial charge in [-0.25, -0.2) is 0 Å². The number of non-ortho nitro benzene ring substituents is 1. The number of nitrogens with zero attached hydrogens (tertiary/aromatic N) is 1. The Hall–Kier alpha value is -1.38. The van der Waals surface area contributed by atoms with E-state index in [9.17, 15) is 14.9 Å². The standard InChI is InChI=1S/C14H10Br2N2O3S/c1-8(19)17-9-2-4-11(5-3-9)22-14-12(15)6-10(18(20)21)7-13(14)16/h2-7H,1H3,(H,17,19). The summed E-state index contributed by atoms with van der Waals surface area (Å²) in [7, 11) is 0. The number of hydrogen-bond donors (Lipinski definition) is 1. The third-order valence-corrected chi connectivity index (χ3v) is 5.52. The lowest BCUT2D eigenvalue weighted by atomic mass is 10.3. The molecule has 8 heteroatoms. The van der Waals surface area contributed by atoms with Crippen molar-refractivity contribution in [3.05, 3.63) is 55.5 Å². The van der Waals surface area contributed by atoms with Gasteiger partial charge >= 0.3 is 0 Å². The Kier molecular flexibility index (Phi) is 5.60. The monoisotopic (exact) mass is 444 g/mol. The molecule has 0 unspecified atom stereocenters. The predicted octanol–water partition coefficient (Wildman–Crippen LogP) is 5.23. The zero-order valence-electron chi connectivity index (χ0n) is 11.3. The van der Waals surface area contributed by atoms with Gasteiger partial charge in [-0.1, -0.05) is 11.8 Å². The van der Waals surface area contributed by atoms with Gasteiger partial charge in [-0.2, -0.15) is 0 Å². The van der Waals surface area contributed by atoms with Crippen molar-refractivity contribution in [3.63, 3.8) is 0 Å². The molecule has 1 amide bonds. The molecule has 0 aliphatic heterocycles. The molecule has 114 valence electrons. The Labute approximate surface area is 147 Å². The van der Waals surface area contributed by atoms with Crippen molar-refractivity contribution >= 4 is 60.9 Å². The number of nitrogens with one attached hydrogen (secondary N) is 1. The highest BCUT2D eigenvalue weighted by Gasteiger charge is 2.15. The van der Waals surface area contributed by atoms with Gasteiger partial charge in [0.2, 0.25) is 5.91 Å². The summed E-state index contributed by atoms with van der Waals surface area (Å²) >= 11 is 8.18. The number of amides is 1. The number of halogens is 2. The summed E-state index contributed by atoms with van der Waals surface area (Å²) in [6, 6.07) is 10.3. The van der Waals surface area contributed by atoms with Crippen molar-refractivity contribution < 1.29 is 9.72 Å². The molecule has 0 heterocycles. The van der Waals surface area contributed by atoms with E-state index in [0.29, 0.717) is 8.95 Å². The molecule has 0 radical (unpaired) electrons. The fraction of sp³-hybridized carbons (Fsp3) is 0.0714. The molecule has 0 atom stereocenters. The van der Waals surface area contributed by atoms with Crippen LogP contribution in [0.1, 0.15) is 6.92 Å². The second-order valence-corrected chi connectivity index (χ2v) is 7.10. The summed E-state index contributed by atoms with van der Waals surface area (Å²) in [5.74, 6) is -0.124. The summed E-state index contributed by atoms with van der Waals surface area (Å²) in [6.07, 6.45) is 0. The minimum absolute atomic E-state index is 0.0177. The van der Waals surface area contributed by atoms with Crippen molar-refractivity contribution in [1.82, 2.24) is 0 Å². The second-order valence-electron chi connectivity index (χ2n) is 4.30. The van der Waals surface area contributed by atoms with Crippen molar-refractivity contribution in [1.29, 1.82) is 0 Å². The zero-order chi connectivity index (χ0) is 16.3. The SMILES string of the molecule is CC(=O)Nc1ccc(Sc2c(Br)cc([N+](=O)[O-])cc2Br)cc1. The summed E-state index contributed by atoms with van der Waals surface area (Å²) in [5.41, 5.74) is 0.739. The number of carbonyl (C=O) groups is 1. The molecular weight excluding hydrogens is 436 g/mol. The molecule has 0 aromatic heterocycles. The number of hydrogen-bond acceptors (Lipinski definition) is 4. The van der Waals surface area contributed by atoms with Gasteiger partial charge in [0.05, 0.1) is 4.92 Å². The van der Waals surface area contributed by atoms with Crippen molar-refractivity contribution in [2.75, 3.05) is 5.32 Å². The van der Waals surface area contributed by atoms with Gasteiger partial charge in [0.1, 0.15) is 0 Å². The Morgan fingerprint density at radius 1 is 1.18 bits per heavy atom. The molecule has 0 spiro atoms. The smallest absolute Gasteiger partial charge is 0.271 e. The van der Waals surface area contributed by atoms with Crippen LogP contribution in [0.15, 0.2) is 55.1 Å². The van der Waals surface area contributed by atoms with E-state index in [1.165, 1.54) is 30.8 Å². The van der Waals surface area contributed by atoms with Gasteiger partial charge in [-0.15, -0.1) is 0 Å². The molecule has 0 fully saturated rings. The average Bonchev–Trinajstić information content (AvgIpc) is 2.43. The number of anilines is 1. The molecule has 5 nitrogen and oxygen atoms in total. The third-order valence-electron chi connectivity index (χ3n) is 2.59. The zero-order valence-corrected chi connectivity index (χ0v) is 15.3. The number of nitro groups is 1. The van der Waals surface area contributed by atoms with Crippen LogP contribution in [0.3, 0.4) is 0 Å². The van der Waals surface area contributed by atoms with Gasteiger partial charge in [0.25, 0.3) is 5.69 Å². The first-order chi connectivity index (χ1) is 10.4. The maximum atomic E-state index is 11.0. The first-order valence-electron chi connectivity index (χ1n) is 6.06. The molecule has 0 saturated carbocycles. The first kappa shape index (κ1) is 17.0. The molecule has 22 heavy (non-hydrogen) atoms. The van der Waals surface area contributed by atoms with Crippen LogP contribution in [0.2, 0.25) is 0 Å². The second kappa shape index (κ2) is 7.26. The number of carbonyl (C=O) groups excluding carboxylic acids is 1. The van der Waals surface area contributed by atoms with Crippen LogP contribution >= 0.6 is 43.6 Å². The Morgan fingerprint density at radius 2 is 1.73 bits per heavy atom. The molecule has 0 aliphatic carbocycles.